The number of hydrogen-bond acceptors (Lipinski definition) is 5. The number of hydrogen-bond donors (Lipinski definition) is 2. The van der Waals surface area contributed by atoms with Crippen molar-refractivity contribution in [1.82, 2.24) is 9.55 Å². The predicted octanol–water partition coefficient (Wildman–Crippen LogP) is 1.77. The third kappa shape index (κ3) is 2.70. The van der Waals surface area contributed by atoms with Crippen molar-refractivity contribution in [2.45, 2.75) is 38.8 Å². The fourth-order valence-corrected chi connectivity index (χ4v) is 4.23. The first-order chi connectivity index (χ1) is 12.6. The number of carboxylic acids is 1. The van der Waals surface area contributed by atoms with Gasteiger partial charge in [0, 0.05) is 30.9 Å². The molecule has 1 saturated heterocycles. The lowest BCUT2D eigenvalue weighted by atomic mass is 9.72. The summed E-state index contributed by atoms with van der Waals surface area (Å²) in [5, 5.41) is 9.33. The van der Waals surface area contributed by atoms with Crippen molar-refractivity contribution in [1.29, 1.82) is 0 Å². The Kier molecular flexibility index (Phi) is 3.82. The summed E-state index contributed by atoms with van der Waals surface area (Å²) >= 11 is 0. The van der Waals surface area contributed by atoms with E-state index in [2.05, 4.69) is 4.98 Å². The molecule has 27 heavy (non-hydrogen) atoms. The minimum absolute atomic E-state index is 0.0232. The van der Waals surface area contributed by atoms with E-state index in [0.717, 1.165) is 12.5 Å². The molecule has 0 spiro atoms. The molecule has 0 bridgehead atoms. The van der Waals surface area contributed by atoms with Crippen LogP contribution in [0, 0.1) is 17.7 Å². The number of fused-ring (bicyclic) bond motifs is 2. The second-order valence-corrected chi connectivity index (χ2v) is 8.61. The Morgan fingerprint density at radius 2 is 2.07 bits per heavy atom. The van der Waals surface area contributed by atoms with Gasteiger partial charge in [-0.05, 0) is 45.1 Å². The van der Waals surface area contributed by atoms with Crippen molar-refractivity contribution in [3.8, 4) is 0 Å². The smallest absolute Gasteiger partial charge is 0.341 e. The number of rotatable bonds is 2. The van der Waals surface area contributed by atoms with E-state index >= 15 is 0 Å². The zero-order chi connectivity index (χ0) is 19.7. The monoisotopic (exact) mass is 374 g/mol. The topological polar surface area (TPSA) is 101 Å². The van der Waals surface area contributed by atoms with Gasteiger partial charge < -0.3 is 20.3 Å². The van der Waals surface area contributed by atoms with Gasteiger partial charge in [0.05, 0.1) is 5.39 Å². The molecule has 3 heterocycles. The number of aromatic nitrogens is 2. The zero-order valence-electron chi connectivity index (χ0n) is 15.6. The highest BCUT2D eigenvalue weighted by molar-refractivity contribution is 5.92. The first-order valence-corrected chi connectivity index (χ1v) is 9.08. The standard InChI is InChI=1S/C19H23FN4O3/c1-19(2,3)24-8-12(18(26)27)15(25)10-5-13(20)17(22-16(10)24)23-6-9-4-14(21)11(9)7-23/h5,8-9,11,14H,4,6-7,21H2,1-3H3,(H,26,27)/t9-,11+,14-/m1/s1. The van der Waals surface area contributed by atoms with Gasteiger partial charge in [-0.3, -0.25) is 4.79 Å². The van der Waals surface area contributed by atoms with Crippen LogP contribution in [0.25, 0.3) is 11.0 Å². The van der Waals surface area contributed by atoms with Crippen LogP contribution in [-0.2, 0) is 5.54 Å². The maximum Gasteiger partial charge on any atom is 0.341 e. The van der Waals surface area contributed by atoms with Crippen molar-refractivity contribution in [3.63, 3.8) is 0 Å². The van der Waals surface area contributed by atoms with E-state index in [9.17, 15) is 19.1 Å². The van der Waals surface area contributed by atoms with Crippen LogP contribution < -0.4 is 16.1 Å². The van der Waals surface area contributed by atoms with Crippen LogP contribution in [-0.4, -0.2) is 39.8 Å². The highest BCUT2D eigenvalue weighted by Crippen LogP contribution is 2.41. The van der Waals surface area contributed by atoms with Crippen molar-refractivity contribution in [3.05, 3.63) is 33.9 Å². The lowest BCUT2D eigenvalue weighted by Crippen LogP contribution is -2.46. The molecule has 1 aliphatic carbocycles. The van der Waals surface area contributed by atoms with Crippen LogP contribution in [0.4, 0.5) is 10.2 Å². The molecule has 0 aromatic carbocycles. The Morgan fingerprint density at radius 1 is 1.37 bits per heavy atom. The minimum atomic E-state index is -1.34. The SMILES string of the molecule is CC(C)(C)n1cc(C(=O)O)c(=O)c2cc(F)c(N3C[C@H]4C[C@@H](N)[C@H]4C3)nc21. The second-order valence-electron chi connectivity index (χ2n) is 8.61. The van der Waals surface area contributed by atoms with Gasteiger partial charge in [0.2, 0.25) is 5.43 Å². The Labute approximate surface area is 155 Å². The molecule has 0 amide bonds. The molecule has 2 aromatic rings. The maximum absolute atomic E-state index is 14.9. The van der Waals surface area contributed by atoms with Crippen LogP contribution >= 0.6 is 0 Å². The van der Waals surface area contributed by atoms with E-state index in [1.54, 1.807) is 4.57 Å². The predicted molar refractivity (Wildman–Crippen MR) is 99.7 cm³/mol. The molecule has 3 atom stereocenters. The number of pyridine rings is 2. The second kappa shape index (κ2) is 5.76. The molecular formula is C19H23FN4O3. The summed E-state index contributed by atoms with van der Waals surface area (Å²) in [6.45, 7) is 6.97. The van der Waals surface area contributed by atoms with Crippen molar-refractivity contribution < 1.29 is 14.3 Å². The Balaban J connectivity index is 1.92. The number of carbonyl (C=O) groups is 1. The van der Waals surface area contributed by atoms with E-state index < -0.39 is 28.3 Å². The first-order valence-electron chi connectivity index (χ1n) is 9.08. The highest BCUT2D eigenvalue weighted by atomic mass is 19.1. The molecule has 8 heteroatoms. The van der Waals surface area contributed by atoms with Crippen LogP contribution in [0.1, 0.15) is 37.6 Å². The van der Waals surface area contributed by atoms with E-state index in [4.69, 9.17) is 5.73 Å². The van der Waals surface area contributed by atoms with Crippen molar-refractivity contribution in [2.24, 2.45) is 17.6 Å². The minimum Gasteiger partial charge on any atom is -0.477 e. The molecular weight excluding hydrogens is 351 g/mol. The summed E-state index contributed by atoms with van der Waals surface area (Å²) in [6.07, 6.45) is 2.23. The maximum atomic E-state index is 14.9. The van der Waals surface area contributed by atoms with Gasteiger partial charge in [-0.2, -0.15) is 0 Å². The van der Waals surface area contributed by atoms with Gasteiger partial charge in [0.25, 0.3) is 0 Å². The van der Waals surface area contributed by atoms with Gasteiger partial charge in [0.15, 0.2) is 11.6 Å². The molecule has 2 aliphatic rings. The molecule has 2 fully saturated rings. The number of aromatic carboxylic acids is 1. The Morgan fingerprint density at radius 3 is 2.63 bits per heavy atom. The van der Waals surface area contributed by atoms with Gasteiger partial charge in [-0.15, -0.1) is 0 Å². The Hall–Kier alpha value is -2.48. The summed E-state index contributed by atoms with van der Waals surface area (Å²) in [4.78, 5) is 30.4. The third-order valence-corrected chi connectivity index (χ3v) is 5.78. The van der Waals surface area contributed by atoms with E-state index in [0.29, 0.717) is 24.9 Å². The third-order valence-electron chi connectivity index (χ3n) is 5.78. The average molecular weight is 374 g/mol. The molecule has 2 aromatic heterocycles. The number of anilines is 1. The Bertz CT molecular complexity index is 1010. The fraction of sp³-hybridized carbons (Fsp3) is 0.526. The van der Waals surface area contributed by atoms with E-state index in [1.807, 2.05) is 25.7 Å². The van der Waals surface area contributed by atoms with Gasteiger partial charge in [-0.25, -0.2) is 14.2 Å². The quantitative estimate of drug-likeness (QED) is 0.831. The molecule has 7 nitrogen and oxygen atoms in total. The fourth-order valence-electron chi connectivity index (χ4n) is 4.23. The number of nitrogens with two attached hydrogens (primary N) is 1. The molecule has 1 saturated carbocycles. The largest absolute Gasteiger partial charge is 0.477 e. The summed E-state index contributed by atoms with van der Waals surface area (Å²) in [5.41, 5.74) is 4.67. The number of nitrogens with zero attached hydrogens (tertiary/aromatic N) is 3. The number of halogens is 1. The lowest BCUT2D eigenvalue weighted by molar-refractivity contribution is 0.0694. The van der Waals surface area contributed by atoms with E-state index in [1.165, 1.54) is 6.20 Å². The summed E-state index contributed by atoms with van der Waals surface area (Å²) in [7, 11) is 0. The number of carboxylic acid groups (broad SMARTS) is 1. The van der Waals surface area contributed by atoms with Crippen molar-refractivity contribution in [2.75, 3.05) is 18.0 Å². The summed E-state index contributed by atoms with van der Waals surface area (Å²) < 4.78 is 16.5. The van der Waals surface area contributed by atoms with Gasteiger partial charge >= 0.3 is 5.97 Å². The highest BCUT2D eigenvalue weighted by Gasteiger charge is 2.46. The van der Waals surface area contributed by atoms with Gasteiger partial charge in [0.1, 0.15) is 11.2 Å². The van der Waals surface area contributed by atoms with Crippen LogP contribution in [0.15, 0.2) is 17.1 Å². The molecule has 144 valence electrons. The molecule has 3 N–H and O–H groups in total. The van der Waals surface area contributed by atoms with Gasteiger partial charge in [-0.1, -0.05) is 0 Å². The molecule has 1 aliphatic heterocycles. The molecule has 0 radical (unpaired) electrons. The molecule has 4 rings (SSSR count). The van der Waals surface area contributed by atoms with Crippen molar-refractivity contribution >= 4 is 22.8 Å². The molecule has 0 unspecified atom stereocenters. The lowest BCUT2D eigenvalue weighted by Gasteiger charge is -2.36. The normalized spacial score (nSPS) is 24.8. The average Bonchev–Trinajstić information content (AvgIpc) is 2.90. The van der Waals surface area contributed by atoms with Crippen LogP contribution in [0.3, 0.4) is 0 Å². The van der Waals surface area contributed by atoms with Crippen LogP contribution in [0.2, 0.25) is 0 Å². The van der Waals surface area contributed by atoms with Crippen LogP contribution in [0.5, 0.6) is 0 Å². The summed E-state index contributed by atoms with van der Waals surface area (Å²) in [5.74, 6) is -0.950. The van der Waals surface area contributed by atoms with E-state index in [-0.39, 0.29) is 22.9 Å². The zero-order valence-corrected chi connectivity index (χ0v) is 15.6. The first kappa shape index (κ1) is 17.9. The summed E-state index contributed by atoms with van der Waals surface area (Å²) in [6, 6.07) is 1.27.